The highest BCUT2D eigenvalue weighted by atomic mass is 16.5. The van der Waals surface area contributed by atoms with Crippen LogP contribution in [0.1, 0.15) is 23.0 Å². The number of rotatable bonds is 2. The van der Waals surface area contributed by atoms with Crippen LogP contribution in [0.3, 0.4) is 0 Å². The van der Waals surface area contributed by atoms with Gasteiger partial charge < -0.3 is 20.1 Å². The van der Waals surface area contributed by atoms with Gasteiger partial charge in [-0.25, -0.2) is 4.98 Å². The molecule has 1 unspecified atom stereocenters. The maximum Gasteiger partial charge on any atom is 0.124 e. The first-order valence-corrected chi connectivity index (χ1v) is 5.92. The molecule has 0 saturated heterocycles. The number of aromatic hydroxyl groups is 1. The Morgan fingerprint density at radius 3 is 3.17 bits per heavy atom. The fraction of sp³-hybridized carbons (Fsp3) is 0.308. The first-order valence-electron chi connectivity index (χ1n) is 5.92. The maximum atomic E-state index is 9.65. The number of ether oxygens (including phenoxy) is 1. The molecule has 18 heavy (non-hydrogen) atoms. The van der Waals surface area contributed by atoms with Gasteiger partial charge in [-0.05, 0) is 18.2 Å². The van der Waals surface area contributed by atoms with Crippen molar-refractivity contribution in [1.82, 2.24) is 15.3 Å². The van der Waals surface area contributed by atoms with Gasteiger partial charge in [0.25, 0.3) is 0 Å². The molecule has 5 heteroatoms. The van der Waals surface area contributed by atoms with E-state index in [-0.39, 0.29) is 11.8 Å². The van der Waals surface area contributed by atoms with Crippen LogP contribution in [-0.4, -0.2) is 28.7 Å². The Labute approximate surface area is 105 Å². The third-order valence-electron chi connectivity index (χ3n) is 3.27. The molecule has 0 aliphatic carbocycles. The van der Waals surface area contributed by atoms with Crippen molar-refractivity contribution in [1.29, 1.82) is 0 Å². The first kappa shape index (κ1) is 11.1. The van der Waals surface area contributed by atoms with Crippen LogP contribution in [0.5, 0.6) is 11.5 Å². The molecule has 3 N–H and O–H groups in total. The number of fused-ring (bicyclic) bond motifs is 1. The summed E-state index contributed by atoms with van der Waals surface area (Å²) in [5.74, 6) is 0.983. The van der Waals surface area contributed by atoms with Gasteiger partial charge >= 0.3 is 0 Å². The van der Waals surface area contributed by atoms with Crippen LogP contribution in [0.2, 0.25) is 0 Å². The first-order chi connectivity index (χ1) is 8.79. The molecular weight excluding hydrogens is 230 g/mol. The van der Waals surface area contributed by atoms with E-state index < -0.39 is 0 Å². The molecule has 0 spiro atoms. The summed E-state index contributed by atoms with van der Waals surface area (Å²) in [6.07, 6.45) is 2.65. The van der Waals surface area contributed by atoms with Crippen molar-refractivity contribution in [2.75, 3.05) is 13.7 Å². The summed E-state index contributed by atoms with van der Waals surface area (Å²) < 4.78 is 5.36. The summed E-state index contributed by atoms with van der Waals surface area (Å²) in [6.45, 7) is 0.874. The lowest BCUT2D eigenvalue weighted by molar-refractivity contribution is 0.398. The molecule has 3 rings (SSSR count). The number of hydrogen-bond acceptors (Lipinski definition) is 4. The minimum Gasteiger partial charge on any atom is -0.508 e. The van der Waals surface area contributed by atoms with Crippen molar-refractivity contribution < 1.29 is 9.84 Å². The summed E-state index contributed by atoms with van der Waals surface area (Å²) in [5, 5.41) is 13.1. The third kappa shape index (κ3) is 1.73. The molecule has 1 atom stereocenters. The standard InChI is InChI=1S/C13H15N3O2/c1-18-11-3-2-8(17)6-9(11)12-13-10(4-5-14-12)15-7-16-13/h2-3,6-7,12,14,17H,4-5H2,1H3,(H,15,16). The summed E-state index contributed by atoms with van der Waals surface area (Å²) in [5.41, 5.74) is 3.03. The van der Waals surface area contributed by atoms with Crippen molar-refractivity contribution in [3.63, 3.8) is 0 Å². The highest BCUT2D eigenvalue weighted by Gasteiger charge is 2.26. The normalized spacial score (nSPS) is 18.4. The van der Waals surface area contributed by atoms with Gasteiger partial charge in [0.15, 0.2) is 0 Å². The minimum atomic E-state index is -0.0398. The molecule has 0 bridgehead atoms. The number of aromatic nitrogens is 2. The van der Waals surface area contributed by atoms with E-state index in [4.69, 9.17) is 4.74 Å². The predicted molar refractivity (Wildman–Crippen MR) is 66.8 cm³/mol. The van der Waals surface area contributed by atoms with Gasteiger partial charge in [0.2, 0.25) is 0 Å². The number of benzene rings is 1. The van der Waals surface area contributed by atoms with Crippen LogP contribution in [0.15, 0.2) is 24.5 Å². The summed E-state index contributed by atoms with van der Waals surface area (Å²) in [6, 6.07) is 5.08. The molecule has 1 aliphatic heterocycles. The molecule has 1 aromatic heterocycles. The number of phenols is 1. The van der Waals surface area contributed by atoms with E-state index >= 15 is 0 Å². The van der Waals surface area contributed by atoms with Crippen LogP contribution >= 0.6 is 0 Å². The lowest BCUT2D eigenvalue weighted by Crippen LogP contribution is -2.31. The SMILES string of the molecule is COc1ccc(O)cc1C1NCCc2[nH]cnc21. The van der Waals surface area contributed by atoms with Gasteiger partial charge in [0.1, 0.15) is 11.5 Å². The quantitative estimate of drug-likeness (QED) is 0.747. The van der Waals surface area contributed by atoms with Crippen molar-refractivity contribution >= 4 is 0 Å². The number of imidazole rings is 1. The van der Waals surface area contributed by atoms with E-state index in [0.717, 1.165) is 35.7 Å². The molecule has 1 aromatic carbocycles. The zero-order valence-corrected chi connectivity index (χ0v) is 10.1. The van der Waals surface area contributed by atoms with Crippen molar-refractivity contribution in [3.05, 3.63) is 41.5 Å². The van der Waals surface area contributed by atoms with E-state index in [0.29, 0.717) is 0 Å². The monoisotopic (exact) mass is 245 g/mol. The largest absolute Gasteiger partial charge is 0.508 e. The van der Waals surface area contributed by atoms with E-state index in [2.05, 4.69) is 15.3 Å². The second-order valence-electron chi connectivity index (χ2n) is 4.33. The number of hydrogen-bond donors (Lipinski definition) is 3. The highest BCUT2D eigenvalue weighted by Crippen LogP contribution is 2.34. The Morgan fingerprint density at radius 2 is 2.33 bits per heavy atom. The predicted octanol–water partition coefficient (Wildman–Crippen LogP) is 1.36. The zero-order chi connectivity index (χ0) is 12.5. The van der Waals surface area contributed by atoms with Crippen LogP contribution in [0, 0.1) is 0 Å². The van der Waals surface area contributed by atoms with Crippen LogP contribution in [-0.2, 0) is 6.42 Å². The van der Waals surface area contributed by atoms with E-state index in [9.17, 15) is 5.11 Å². The van der Waals surface area contributed by atoms with Crippen LogP contribution in [0.4, 0.5) is 0 Å². The number of H-pyrrole nitrogens is 1. The average molecular weight is 245 g/mol. The summed E-state index contributed by atoms with van der Waals surface area (Å²) in [7, 11) is 1.63. The lowest BCUT2D eigenvalue weighted by atomic mass is 9.97. The Hall–Kier alpha value is -2.01. The van der Waals surface area contributed by atoms with E-state index in [1.165, 1.54) is 0 Å². The number of nitrogens with one attached hydrogen (secondary N) is 2. The molecule has 2 heterocycles. The van der Waals surface area contributed by atoms with Gasteiger partial charge in [-0.1, -0.05) is 0 Å². The second-order valence-corrected chi connectivity index (χ2v) is 4.33. The smallest absolute Gasteiger partial charge is 0.124 e. The Kier molecular flexibility index (Phi) is 2.68. The van der Waals surface area contributed by atoms with E-state index in [1.807, 2.05) is 0 Å². The van der Waals surface area contributed by atoms with Crippen LogP contribution < -0.4 is 10.1 Å². The van der Waals surface area contributed by atoms with Gasteiger partial charge in [0.05, 0.1) is 25.2 Å². The van der Waals surface area contributed by atoms with Crippen LogP contribution in [0.25, 0.3) is 0 Å². The number of phenolic OH excluding ortho intramolecular Hbond substituents is 1. The molecule has 1 aliphatic rings. The number of methoxy groups -OCH3 is 1. The van der Waals surface area contributed by atoms with Crippen molar-refractivity contribution in [2.45, 2.75) is 12.5 Å². The topological polar surface area (TPSA) is 70.2 Å². The molecule has 0 saturated carbocycles. The highest BCUT2D eigenvalue weighted by molar-refractivity contribution is 5.45. The molecule has 0 amide bonds. The fourth-order valence-corrected chi connectivity index (χ4v) is 2.42. The Balaban J connectivity index is 2.09. The summed E-state index contributed by atoms with van der Waals surface area (Å²) >= 11 is 0. The molecule has 0 fully saturated rings. The molecule has 0 radical (unpaired) electrons. The van der Waals surface area contributed by atoms with E-state index in [1.54, 1.807) is 31.6 Å². The number of nitrogens with zero attached hydrogens (tertiary/aromatic N) is 1. The number of aromatic amines is 1. The van der Waals surface area contributed by atoms with Gasteiger partial charge in [-0.3, -0.25) is 0 Å². The Bertz CT molecular complexity index is 565. The lowest BCUT2D eigenvalue weighted by Gasteiger charge is -2.24. The third-order valence-corrected chi connectivity index (χ3v) is 3.27. The molecular formula is C13H15N3O2. The zero-order valence-electron chi connectivity index (χ0n) is 10.1. The summed E-state index contributed by atoms with van der Waals surface area (Å²) in [4.78, 5) is 7.52. The minimum absolute atomic E-state index is 0.0398. The molecule has 94 valence electrons. The van der Waals surface area contributed by atoms with Gasteiger partial charge in [0, 0.05) is 24.2 Å². The van der Waals surface area contributed by atoms with Crippen molar-refractivity contribution in [3.8, 4) is 11.5 Å². The molecule has 5 nitrogen and oxygen atoms in total. The Morgan fingerprint density at radius 1 is 1.44 bits per heavy atom. The second kappa shape index (κ2) is 4.34. The molecule has 2 aromatic rings. The van der Waals surface area contributed by atoms with Gasteiger partial charge in [-0.2, -0.15) is 0 Å². The van der Waals surface area contributed by atoms with Crippen molar-refractivity contribution in [2.24, 2.45) is 0 Å². The van der Waals surface area contributed by atoms with Gasteiger partial charge in [-0.15, -0.1) is 0 Å². The average Bonchev–Trinajstić information content (AvgIpc) is 2.86. The maximum absolute atomic E-state index is 9.65. The fourth-order valence-electron chi connectivity index (χ4n) is 2.42.